The fourth-order valence-corrected chi connectivity index (χ4v) is 3.01. The van der Waals surface area contributed by atoms with Gasteiger partial charge >= 0.3 is 5.97 Å². The molecule has 0 aliphatic carbocycles. The summed E-state index contributed by atoms with van der Waals surface area (Å²) in [6.45, 7) is 0. The van der Waals surface area contributed by atoms with Crippen LogP contribution in [0.3, 0.4) is 0 Å². The van der Waals surface area contributed by atoms with Gasteiger partial charge in [-0.3, -0.25) is 9.59 Å². The topological polar surface area (TPSA) is 68.6 Å². The number of imide groups is 1. The van der Waals surface area contributed by atoms with Crippen LogP contribution in [0.5, 0.6) is 0 Å². The van der Waals surface area contributed by atoms with Gasteiger partial charge < -0.3 is 9.40 Å². The predicted molar refractivity (Wildman–Crippen MR) is 93.2 cm³/mol. The van der Waals surface area contributed by atoms with E-state index in [9.17, 15) is 18.8 Å². The maximum Gasteiger partial charge on any atom is 0.380 e. The molecule has 0 N–H and O–H groups in total. The van der Waals surface area contributed by atoms with Crippen LogP contribution in [0.25, 0.3) is 11.3 Å². The number of rotatable bonds is 3. The van der Waals surface area contributed by atoms with Gasteiger partial charge in [-0.25, -0.2) is 9.18 Å². The molecule has 7 heteroatoms. The number of hydroxylamine groups is 2. The van der Waals surface area contributed by atoms with Crippen LogP contribution in [0.1, 0.15) is 31.2 Å². The first-order chi connectivity index (χ1) is 13.0. The molecule has 0 saturated carbocycles. The van der Waals surface area contributed by atoms with Crippen molar-refractivity contribution in [1.29, 1.82) is 0 Å². The molecule has 0 saturated heterocycles. The number of halogens is 1. The summed E-state index contributed by atoms with van der Waals surface area (Å²) in [5.74, 6) is -2.58. The minimum Gasteiger partial charge on any atom is -0.338 e. The lowest BCUT2D eigenvalue weighted by atomic mass is 10.1. The zero-order valence-corrected chi connectivity index (χ0v) is 14.2. The second-order valence-electron chi connectivity index (χ2n) is 6.00. The van der Waals surface area contributed by atoms with Gasteiger partial charge in [0.05, 0.1) is 11.1 Å². The van der Waals surface area contributed by atoms with Crippen molar-refractivity contribution in [2.45, 2.75) is 0 Å². The lowest BCUT2D eigenvalue weighted by Gasteiger charge is -2.13. The first-order valence-corrected chi connectivity index (χ1v) is 8.09. The Hall–Kier alpha value is -3.74. The third-order valence-electron chi connectivity index (χ3n) is 4.40. The quantitative estimate of drug-likeness (QED) is 0.670. The Balaban J connectivity index is 1.59. The molecule has 134 valence electrons. The van der Waals surface area contributed by atoms with Crippen LogP contribution in [0.4, 0.5) is 4.39 Å². The molecule has 0 atom stereocenters. The number of hydrogen-bond acceptors (Lipinski definition) is 4. The number of fused-ring (bicyclic) bond motifs is 1. The highest BCUT2D eigenvalue weighted by atomic mass is 19.1. The zero-order valence-electron chi connectivity index (χ0n) is 14.2. The monoisotopic (exact) mass is 364 g/mol. The highest BCUT2D eigenvalue weighted by molar-refractivity contribution is 6.21. The summed E-state index contributed by atoms with van der Waals surface area (Å²) in [4.78, 5) is 42.2. The van der Waals surface area contributed by atoms with Gasteiger partial charge in [-0.2, -0.15) is 0 Å². The molecule has 0 fully saturated rings. The number of hydrogen-bond donors (Lipinski definition) is 0. The molecule has 1 aliphatic rings. The number of aromatic nitrogens is 1. The number of amides is 2. The van der Waals surface area contributed by atoms with Gasteiger partial charge in [-0.15, -0.1) is 0 Å². The highest BCUT2D eigenvalue weighted by Gasteiger charge is 2.39. The maximum absolute atomic E-state index is 13.1. The van der Waals surface area contributed by atoms with Gasteiger partial charge in [0.2, 0.25) is 0 Å². The zero-order chi connectivity index (χ0) is 19.1. The van der Waals surface area contributed by atoms with E-state index in [0.29, 0.717) is 16.3 Å². The Bertz CT molecular complexity index is 1050. The Kier molecular flexibility index (Phi) is 3.84. The summed E-state index contributed by atoms with van der Waals surface area (Å²) >= 11 is 0. The molecule has 0 spiro atoms. The second kappa shape index (κ2) is 6.21. The van der Waals surface area contributed by atoms with Crippen molar-refractivity contribution in [3.8, 4) is 11.3 Å². The standard InChI is InChI=1S/C20H13FN2O4/c1-22-16(12-6-8-13(21)9-7-12)10-11-17(22)20(26)27-23-18(24)14-4-2-3-5-15(14)19(23)25/h2-11H,1H3. The van der Waals surface area contributed by atoms with Crippen molar-refractivity contribution >= 4 is 17.8 Å². The molecule has 3 aromatic rings. The lowest BCUT2D eigenvalue weighted by molar-refractivity contribution is -0.0590. The molecule has 27 heavy (non-hydrogen) atoms. The molecule has 2 amide bonds. The van der Waals surface area contributed by atoms with Gasteiger partial charge in [-0.1, -0.05) is 17.2 Å². The molecular weight excluding hydrogens is 351 g/mol. The van der Waals surface area contributed by atoms with Crippen molar-refractivity contribution in [2.75, 3.05) is 0 Å². The van der Waals surface area contributed by atoms with E-state index in [1.54, 1.807) is 41.9 Å². The molecule has 2 heterocycles. The van der Waals surface area contributed by atoms with Crippen LogP contribution < -0.4 is 0 Å². The molecule has 0 unspecified atom stereocenters. The van der Waals surface area contributed by atoms with Crippen LogP contribution >= 0.6 is 0 Å². The fourth-order valence-electron chi connectivity index (χ4n) is 3.01. The van der Waals surface area contributed by atoms with Crippen molar-refractivity contribution < 1.29 is 23.6 Å². The third-order valence-corrected chi connectivity index (χ3v) is 4.40. The van der Waals surface area contributed by atoms with Gasteiger partial charge in [0.15, 0.2) is 0 Å². The minimum atomic E-state index is -0.847. The van der Waals surface area contributed by atoms with Gasteiger partial charge in [0, 0.05) is 12.7 Å². The number of carbonyl (C=O) groups is 3. The summed E-state index contributed by atoms with van der Waals surface area (Å²) in [6, 6.07) is 15.2. The van der Waals surface area contributed by atoms with Gasteiger partial charge in [0.25, 0.3) is 11.8 Å². The van der Waals surface area contributed by atoms with E-state index in [1.165, 1.54) is 30.3 Å². The highest BCUT2D eigenvalue weighted by Crippen LogP contribution is 2.25. The minimum absolute atomic E-state index is 0.144. The number of nitrogens with zero attached hydrogens (tertiary/aromatic N) is 2. The first-order valence-electron chi connectivity index (χ1n) is 8.09. The van der Waals surface area contributed by atoms with Crippen molar-refractivity contribution in [3.63, 3.8) is 0 Å². The summed E-state index contributed by atoms with van der Waals surface area (Å²) in [7, 11) is 1.64. The third kappa shape index (κ3) is 2.69. The van der Waals surface area contributed by atoms with E-state index in [4.69, 9.17) is 4.84 Å². The van der Waals surface area contributed by atoms with E-state index in [2.05, 4.69) is 0 Å². The Labute approximate surface area is 153 Å². The first kappa shape index (κ1) is 16.7. The van der Waals surface area contributed by atoms with Gasteiger partial charge in [-0.05, 0) is 54.1 Å². The number of carbonyl (C=O) groups excluding carboxylic acids is 3. The maximum atomic E-state index is 13.1. The Morgan fingerprint density at radius 2 is 1.48 bits per heavy atom. The van der Waals surface area contributed by atoms with Crippen LogP contribution in [0, 0.1) is 5.82 Å². The van der Waals surface area contributed by atoms with E-state index in [-0.39, 0.29) is 22.6 Å². The summed E-state index contributed by atoms with van der Waals surface area (Å²) in [5.41, 5.74) is 1.89. The smallest absolute Gasteiger partial charge is 0.338 e. The molecular formula is C20H13FN2O4. The lowest BCUT2D eigenvalue weighted by Crippen LogP contribution is -2.33. The molecule has 4 rings (SSSR count). The summed E-state index contributed by atoms with van der Waals surface area (Å²) in [5, 5.41) is 0.470. The van der Waals surface area contributed by atoms with Crippen LogP contribution in [-0.2, 0) is 11.9 Å². The molecule has 0 bridgehead atoms. The van der Waals surface area contributed by atoms with E-state index in [1.807, 2.05) is 0 Å². The molecule has 1 aromatic heterocycles. The molecule has 0 radical (unpaired) electrons. The Morgan fingerprint density at radius 3 is 2.07 bits per heavy atom. The van der Waals surface area contributed by atoms with Crippen LogP contribution in [-0.4, -0.2) is 27.4 Å². The molecule has 6 nitrogen and oxygen atoms in total. The predicted octanol–water partition coefficient (Wildman–Crippen LogP) is 3.20. The second-order valence-corrected chi connectivity index (χ2v) is 6.00. The molecule has 1 aliphatic heterocycles. The molecule has 2 aromatic carbocycles. The Morgan fingerprint density at radius 1 is 0.889 bits per heavy atom. The van der Waals surface area contributed by atoms with E-state index >= 15 is 0 Å². The van der Waals surface area contributed by atoms with Crippen molar-refractivity contribution in [1.82, 2.24) is 9.63 Å². The van der Waals surface area contributed by atoms with Gasteiger partial charge in [0.1, 0.15) is 11.5 Å². The SMILES string of the molecule is Cn1c(C(=O)ON2C(=O)c3ccccc3C2=O)ccc1-c1ccc(F)cc1. The van der Waals surface area contributed by atoms with E-state index < -0.39 is 17.8 Å². The van der Waals surface area contributed by atoms with Crippen LogP contribution in [0.2, 0.25) is 0 Å². The largest absolute Gasteiger partial charge is 0.380 e. The van der Waals surface area contributed by atoms with Crippen molar-refractivity contribution in [3.05, 3.63) is 83.3 Å². The summed E-state index contributed by atoms with van der Waals surface area (Å²) in [6.07, 6.45) is 0. The fraction of sp³-hybridized carbons (Fsp3) is 0.0500. The van der Waals surface area contributed by atoms with Crippen molar-refractivity contribution in [2.24, 2.45) is 7.05 Å². The normalized spacial score (nSPS) is 13.0. The van der Waals surface area contributed by atoms with E-state index in [0.717, 1.165) is 0 Å². The average Bonchev–Trinajstić information content (AvgIpc) is 3.16. The van der Waals surface area contributed by atoms with Crippen LogP contribution in [0.15, 0.2) is 60.7 Å². The summed E-state index contributed by atoms with van der Waals surface area (Å²) < 4.78 is 14.6. The number of benzene rings is 2. The average molecular weight is 364 g/mol.